The van der Waals surface area contributed by atoms with E-state index in [9.17, 15) is 0 Å². The Labute approximate surface area is 90.5 Å². The van der Waals surface area contributed by atoms with Crippen LogP contribution < -0.4 is 5.73 Å². The summed E-state index contributed by atoms with van der Waals surface area (Å²) in [6.45, 7) is 7.05. The first-order valence-corrected chi connectivity index (χ1v) is 5.40. The third-order valence-corrected chi connectivity index (χ3v) is 2.97. The number of nitrogens with two attached hydrogens (primary N) is 1. The minimum atomic E-state index is 0.309. The lowest BCUT2D eigenvalue weighted by atomic mass is 10.1. The first-order valence-electron chi connectivity index (χ1n) is 5.40. The first kappa shape index (κ1) is 10.5. The molecule has 15 heavy (non-hydrogen) atoms. The Bertz CT molecular complexity index is 312. The summed E-state index contributed by atoms with van der Waals surface area (Å²) < 4.78 is 0. The lowest BCUT2D eigenvalue weighted by molar-refractivity contribution is 0.314. The lowest BCUT2D eigenvalue weighted by Gasteiger charge is -2.13. The van der Waals surface area contributed by atoms with Crippen LogP contribution in [0.5, 0.6) is 0 Å². The van der Waals surface area contributed by atoms with E-state index in [1.54, 1.807) is 0 Å². The number of likely N-dealkylation sites (tertiary alicyclic amines) is 1. The molecule has 1 aromatic rings. The zero-order valence-electron chi connectivity index (χ0n) is 9.35. The molecule has 0 bridgehead atoms. The lowest BCUT2D eigenvalue weighted by Crippen LogP contribution is -2.28. The number of hydrogen-bond donors (Lipinski definition) is 1. The molecule has 0 aromatic carbocycles. The van der Waals surface area contributed by atoms with E-state index in [4.69, 9.17) is 5.73 Å². The number of aryl methyl sites for hydroxylation is 1. The molecule has 82 valence electrons. The van der Waals surface area contributed by atoms with E-state index in [-0.39, 0.29) is 0 Å². The SMILES string of the molecule is Cc1cnc(CN2CC(C)C(N)C2)cn1. The van der Waals surface area contributed by atoms with Gasteiger partial charge in [0.05, 0.1) is 11.4 Å². The van der Waals surface area contributed by atoms with Crippen molar-refractivity contribution in [2.45, 2.75) is 26.4 Å². The van der Waals surface area contributed by atoms with Crippen molar-refractivity contribution in [1.82, 2.24) is 14.9 Å². The van der Waals surface area contributed by atoms with Crippen LogP contribution in [0.1, 0.15) is 18.3 Å². The van der Waals surface area contributed by atoms with Crippen LogP contribution in [0, 0.1) is 12.8 Å². The van der Waals surface area contributed by atoms with Gasteiger partial charge >= 0.3 is 0 Å². The van der Waals surface area contributed by atoms with E-state index < -0.39 is 0 Å². The summed E-state index contributed by atoms with van der Waals surface area (Å²) in [5.41, 5.74) is 7.96. The van der Waals surface area contributed by atoms with Gasteiger partial charge in [0.25, 0.3) is 0 Å². The van der Waals surface area contributed by atoms with E-state index in [0.717, 1.165) is 31.0 Å². The van der Waals surface area contributed by atoms with Gasteiger partial charge in [-0.05, 0) is 12.8 Å². The monoisotopic (exact) mass is 206 g/mol. The maximum Gasteiger partial charge on any atom is 0.0727 e. The van der Waals surface area contributed by atoms with E-state index in [1.165, 1.54) is 0 Å². The van der Waals surface area contributed by atoms with Gasteiger partial charge in [-0.2, -0.15) is 0 Å². The molecule has 2 heterocycles. The minimum Gasteiger partial charge on any atom is -0.326 e. The summed E-state index contributed by atoms with van der Waals surface area (Å²) in [5.74, 6) is 0.586. The molecule has 2 atom stereocenters. The maximum absolute atomic E-state index is 5.97. The van der Waals surface area contributed by atoms with Gasteiger partial charge in [0, 0.05) is 38.1 Å². The molecule has 0 amide bonds. The van der Waals surface area contributed by atoms with Crippen molar-refractivity contribution in [3.63, 3.8) is 0 Å². The molecule has 0 saturated carbocycles. The van der Waals surface area contributed by atoms with Crippen molar-refractivity contribution in [3.05, 3.63) is 23.8 Å². The largest absolute Gasteiger partial charge is 0.326 e. The molecule has 4 nitrogen and oxygen atoms in total. The molecule has 1 aliphatic rings. The van der Waals surface area contributed by atoms with Crippen molar-refractivity contribution in [3.8, 4) is 0 Å². The highest BCUT2D eigenvalue weighted by Crippen LogP contribution is 2.16. The van der Waals surface area contributed by atoms with Crippen LogP contribution in [0.15, 0.2) is 12.4 Å². The molecule has 2 unspecified atom stereocenters. The molecule has 1 aromatic heterocycles. The van der Waals surface area contributed by atoms with Crippen LogP contribution in [-0.2, 0) is 6.54 Å². The Balaban J connectivity index is 1.95. The second kappa shape index (κ2) is 4.24. The Morgan fingerprint density at radius 1 is 1.40 bits per heavy atom. The second-order valence-electron chi connectivity index (χ2n) is 4.48. The van der Waals surface area contributed by atoms with Crippen molar-refractivity contribution in [2.75, 3.05) is 13.1 Å². The Morgan fingerprint density at radius 3 is 2.73 bits per heavy atom. The van der Waals surface area contributed by atoms with E-state index in [2.05, 4.69) is 21.8 Å². The molecular weight excluding hydrogens is 188 g/mol. The normalized spacial score (nSPS) is 27.1. The van der Waals surface area contributed by atoms with Crippen LogP contribution in [-0.4, -0.2) is 34.0 Å². The van der Waals surface area contributed by atoms with Gasteiger partial charge in [0.2, 0.25) is 0 Å². The Morgan fingerprint density at radius 2 is 2.20 bits per heavy atom. The highest BCUT2D eigenvalue weighted by atomic mass is 15.2. The fourth-order valence-corrected chi connectivity index (χ4v) is 1.95. The maximum atomic E-state index is 5.97. The Hall–Kier alpha value is -1.00. The van der Waals surface area contributed by atoms with Gasteiger partial charge < -0.3 is 5.73 Å². The van der Waals surface area contributed by atoms with E-state index in [1.807, 2.05) is 19.3 Å². The summed E-state index contributed by atoms with van der Waals surface area (Å²) in [4.78, 5) is 10.9. The molecule has 0 aliphatic carbocycles. The fourth-order valence-electron chi connectivity index (χ4n) is 1.95. The third-order valence-electron chi connectivity index (χ3n) is 2.97. The standard InChI is InChI=1S/C11H18N4/c1-8-5-15(7-11(8)12)6-10-4-13-9(2)3-14-10/h3-4,8,11H,5-7,12H2,1-2H3. The molecule has 2 rings (SSSR count). The van der Waals surface area contributed by atoms with E-state index in [0.29, 0.717) is 12.0 Å². The van der Waals surface area contributed by atoms with Gasteiger partial charge in [-0.25, -0.2) is 0 Å². The number of rotatable bonds is 2. The third kappa shape index (κ3) is 2.52. The van der Waals surface area contributed by atoms with Crippen molar-refractivity contribution < 1.29 is 0 Å². The summed E-state index contributed by atoms with van der Waals surface area (Å²) in [6, 6.07) is 0.309. The second-order valence-corrected chi connectivity index (χ2v) is 4.48. The summed E-state index contributed by atoms with van der Waals surface area (Å²) in [7, 11) is 0. The molecule has 0 spiro atoms. The highest BCUT2D eigenvalue weighted by Gasteiger charge is 2.26. The molecule has 4 heteroatoms. The average Bonchev–Trinajstić information content (AvgIpc) is 2.50. The minimum absolute atomic E-state index is 0.309. The summed E-state index contributed by atoms with van der Waals surface area (Å²) in [5, 5.41) is 0. The van der Waals surface area contributed by atoms with Gasteiger partial charge in [-0.15, -0.1) is 0 Å². The number of aromatic nitrogens is 2. The van der Waals surface area contributed by atoms with Crippen LogP contribution in [0.2, 0.25) is 0 Å². The van der Waals surface area contributed by atoms with Gasteiger partial charge in [-0.1, -0.05) is 6.92 Å². The predicted octanol–water partition coefficient (Wildman–Crippen LogP) is 0.564. The van der Waals surface area contributed by atoms with E-state index >= 15 is 0 Å². The number of hydrogen-bond acceptors (Lipinski definition) is 4. The average molecular weight is 206 g/mol. The fraction of sp³-hybridized carbons (Fsp3) is 0.636. The van der Waals surface area contributed by atoms with Crippen molar-refractivity contribution in [2.24, 2.45) is 11.7 Å². The Kier molecular flexibility index (Phi) is 2.98. The summed E-state index contributed by atoms with van der Waals surface area (Å²) in [6.07, 6.45) is 3.67. The first-order chi connectivity index (χ1) is 7.15. The van der Waals surface area contributed by atoms with Crippen molar-refractivity contribution in [1.29, 1.82) is 0 Å². The molecule has 1 aliphatic heterocycles. The van der Waals surface area contributed by atoms with Crippen LogP contribution in [0.25, 0.3) is 0 Å². The highest BCUT2D eigenvalue weighted by molar-refractivity contribution is 5.01. The van der Waals surface area contributed by atoms with Gasteiger partial charge in [0.1, 0.15) is 0 Å². The quantitative estimate of drug-likeness (QED) is 0.768. The van der Waals surface area contributed by atoms with Crippen LogP contribution in [0.3, 0.4) is 0 Å². The molecular formula is C11H18N4. The molecule has 0 radical (unpaired) electrons. The zero-order chi connectivity index (χ0) is 10.8. The smallest absolute Gasteiger partial charge is 0.0727 e. The molecule has 1 saturated heterocycles. The summed E-state index contributed by atoms with van der Waals surface area (Å²) >= 11 is 0. The van der Waals surface area contributed by atoms with Crippen molar-refractivity contribution >= 4 is 0 Å². The molecule has 1 fully saturated rings. The van der Waals surface area contributed by atoms with Gasteiger partial charge in [-0.3, -0.25) is 14.9 Å². The zero-order valence-corrected chi connectivity index (χ0v) is 9.35. The van der Waals surface area contributed by atoms with Crippen LogP contribution in [0.4, 0.5) is 0 Å². The topological polar surface area (TPSA) is 55.0 Å². The molecule has 2 N–H and O–H groups in total. The van der Waals surface area contributed by atoms with Gasteiger partial charge in [0.15, 0.2) is 0 Å². The predicted molar refractivity (Wildman–Crippen MR) is 59.2 cm³/mol. The van der Waals surface area contributed by atoms with Crippen LogP contribution >= 0.6 is 0 Å². The number of nitrogens with zero attached hydrogens (tertiary/aromatic N) is 3.